The van der Waals surface area contributed by atoms with E-state index < -0.39 is 0 Å². The van der Waals surface area contributed by atoms with Gasteiger partial charge < -0.3 is 11.1 Å². The number of nitrogens with one attached hydrogen (secondary N) is 1. The summed E-state index contributed by atoms with van der Waals surface area (Å²) in [4.78, 5) is 11.5. The minimum absolute atomic E-state index is 0.0689. The lowest BCUT2D eigenvalue weighted by molar-refractivity contribution is -0.121. The molecule has 0 aliphatic heterocycles. The highest BCUT2D eigenvalue weighted by molar-refractivity contribution is 5.76. The molecule has 0 bridgehead atoms. The number of carbonyl (C=O) groups is 1. The molecule has 0 aliphatic rings. The van der Waals surface area contributed by atoms with Gasteiger partial charge in [0, 0.05) is 18.9 Å². The van der Waals surface area contributed by atoms with Gasteiger partial charge >= 0.3 is 0 Å². The number of carbonyl (C=O) groups excluding carboxylic acids is 1. The van der Waals surface area contributed by atoms with E-state index in [0.29, 0.717) is 19.5 Å². The van der Waals surface area contributed by atoms with E-state index in [2.05, 4.69) is 11.4 Å². The Morgan fingerprint density at radius 1 is 1.50 bits per heavy atom. The summed E-state index contributed by atoms with van der Waals surface area (Å²) >= 11 is 0. The molecule has 88 valence electrons. The zero-order chi connectivity index (χ0) is 12.0. The van der Waals surface area contributed by atoms with Crippen LogP contribution in [0.4, 0.5) is 0 Å². The molecule has 1 atom stereocenters. The van der Waals surface area contributed by atoms with Gasteiger partial charge in [-0.15, -0.1) is 0 Å². The topological polar surface area (TPSA) is 55.1 Å². The van der Waals surface area contributed by atoms with Crippen LogP contribution in [0.15, 0.2) is 24.3 Å². The van der Waals surface area contributed by atoms with Crippen LogP contribution in [0.3, 0.4) is 0 Å². The molecular formula is C13H20N2O. The molecule has 3 nitrogen and oxygen atoms in total. The number of nitrogens with two attached hydrogens (primary N) is 1. The van der Waals surface area contributed by atoms with Crippen molar-refractivity contribution in [1.82, 2.24) is 5.32 Å². The summed E-state index contributed by atoms with van der Waals surface area (Å²) in [7, 11) is 0. The molecule has 1 amide bonds. The Bertz CT molecular complexity index is 350. The molecule has 16 heavy (non-hydrogen) atoms. The van der Waals surface area contributed by atoms with E-state index in [1.807, 2.05) is 32.0 Å². The van der Waals surface area contributed by atoms with Gasteiger partial charge in [0.05, 0.1) is 0 Å². The molecule has 1 aromatic carbocycles. The van der Waals surface area contributed by atoms with Crippen molar-refractivity contribution in [3.63, 3.8) is 0 Å². The number of aryl methyl sites for hydroxylation is 1. The lowest BCUT2D eigenvalue weighted by Gasteiger charge is -2.15. The zero-order valence-corrected chi connectivity index (χ0v) is 9.99. The zero-order valence-electron chi connectivity index (χ0n) is 9.99. The van der Waals surface area contributed by atoms with Crippen molar-refractivity contribution in [2.24, 2.45) is 5.73 Å². The molecule has 0 saturated heterocycles. The van der Waals surface area contributed by atoms with E-state index >= 15 is 0 Å². The second kappa shape index (κ2) is 6.28. The smallest absolute Gasteiger partial charge is 0.220 e. The number of hydrogen-bond acceptors (Lipinski definition) is 2. The fraction of sp³-hybridized carbons (Fsp3) is 0.462. The van der Waals surface area contributed by atoms with Crippen molar-refractivity contribution in [2.75, 3.05) is 13.1 Å². The van der Waals surface area contributed by atoms with Crippen LogP contribution in [0.1, 0.15) is 30.4 Å². The van der Waals surface area contributed by atoms with Gasteiger partial charge in [-0.25, -0.2) is 0 Å². The SMILES string of the molecule is CCNC(=O)CC(CN)c1cccc(C)c1. The van der Waals surface area contributed by atoms with Crippen LogP contribution in [0.5, 0.6) is 0 Å². The number of amides is 1. The normalized spacial score (nSPS) is 12.2. The third kappa shape index (κ3) is 3.66. The van der Waals surface area contributed by atoms with E-state index in [-0.39, 0.29) is 11.8 Å². The first-order chi connectivity index (χ1) is 7.67. The highest BCUT2D eigenvalue weighted by Crippen LogP contribution is 2.19. The Balaban J connectivity index is 2.70. The Labute approximate surface area is 97.0 Å². The predicted octanol–water partition coefficient (Wildman–Crippen LogP) is 1.56. The van der Waals surface area contributed by atoms with Crippen LogP contribution in [0.2, 0.25) is 0 Å². The molecule has 1 aromatic rings. The summed E-state index contributed by atoms with van der Waals surface area (Å²) in [6.07, 6.45) is 0.466. The standard InChI is InChI=1S/C13H20N2O/c1-3-15-13(16)8-12(9-14)11-6-4-5-10(2)7-11/h4-7,12H,3,8-9,14H2,1-2H3,(H,15,16). The van der Waals surface area contributed by atoms with E-state index in [0.717, 1.165) is 5.56 Å². The first kappa shape index (κ1) is 12.7. The number of hydrogen-bond donors (Lipinski definition) is 2. The molecule has 3 N–H and O–H groups in total. The summed E-state index contributed by atoms with van der Waals surface area (Å²) in [6, 6.07) is 8.18. The van der Waals surface area contributed by atoms with Crippen molar-refractivity contribution in [3.05, 3.63) is 35.4 Å². The largest absolute Gasteiger partial charge is 0.356 e. The summed E-state index contributed by atoms with van der Waals surface area (Å²) in [6.45, 7) is 5.13. The van der Waals surface area contributed by atoms with E-state index in [1.165, 1.54) is 5.56 Å². The molecule has 1 unspecified atom stereocenters. The Kier molecular flexibility index (Phi) is 4.99. The van der Waals surface area contributed by atoms with Crippen LogP contribution in [-0.4, -0.2) is 19.0 Å². The van der Waals surface area contributed by atoms with E-state index in [9.17, 15) is 4.79 Å². The average molecular weight is 220 g/mol. The second-order valence-corrected chi connectivity index (χ2v) is 4.00. The molecule has 0 spiro atoms. The van der Waals surface area contributed by atoms with Gasteiger partial charge in [0.25, 0.3) is 0 Å². The fourth-order valence-electron chi connectivity index (χ4n) is 1.75. The van der Waals surface area contributed by atoms with Gasteiger partial charge in [-0.1, -0.05) is 29.8 Å². The molecule has 0 aliphatic carbocycles. The van der Waals surface area contributed by atoms with Gasteiger partial charge in [-0.3, -0.25) is 4.79 Å². The number of rotatable bonds is 5. The van der Waals surface area contributed by atoms with Crippen molar-refractivity contribution < 1.29 is 4.79 Å². The third-order valence-electron chi connectivity index (χ3n) is 2.60. The van der Waals surface area contributed by atoms with Gasteiger partial charge in [0.1, 0.15) is 0 Å². The lowest BCUT2D eigenvalue weighted by Crippen LogP contribution is -2.27. The molecular weight excluding hydrogens is 200 g/mol. The summed E-state index contributed by atoms with van der Waals surface area (Å²) in [5.74, 6) is 0.186. The van der Waals surface area contributed by atoms with Crippen molar-refractivity contribution in [1.29, 1.82) is 0 Å². The first-order valence-corrected chi connectivity index (χ1v) is 5.70. The minimum Gasteiger partial charge on any atom is -0.356 e. The predicted molar refractivity (Wildman–Crippen MR) is 66.3 cm³/mol. The van der Waals surface area contributed by atoms with Crippen LogP contribution in [0, 0.1) is 6.92 Å². The van der Waals surface area contributed by atoms with Gasteiger partial charge in [-0.2, -0.15) is 0 Å². The lowest BCUT2D eigenvalue weighted by atomic mass is 9.94. The summed E-state index contributed by atoms with van der Waals surface area (Å²) in [5.41, 5.74) is 8.07. The maximum atomic E-state index is 11.5. The molecule has 3 heteroatoms. The second-order valence-electron chi connectivity index (χ2n) is 4.00. The molecule has 0 aromatic heterocycles. The molecule has 0 saturated carbocycles. The minimum atomic E-state index is 0.0689. The highest BCUT2D eigenvalue weighted by atomic mass is 16.1. The van der Waals surface area contributed by atoms with Gasteiger partial charge in [0.15, 0.2) is 0 Å². The summed E-state index contributed by atoms with van der Waals surface area (Å²) in [5, 5.41) is 2.80. The Hall–Kier alpha value is -1.35. The van der Waals surface area contributed by atoms with Gasteiger partial charge in [0.2, 0.25) is 5.91 Å². The van der Waals surface area contributed by atoms with Crippen LogP contribution in [0.25, 0.3) is 0 Å². The van der Waals surface area contributed by atoms with Crippen LogP contribution >= 0.6 is 0 Å². The first-order valence-electron chi connectivity index (χ1n) is 5.70. The van der Waals surface area contributed by atoms with Crippen molar-refractivity contribution >= 4 is 5.91 Å². The number of benzene rings is 1. The maximum absolute atomic E-state index is 11.5. The van der Waals surface area contributed by atoms with Crippen LogP contribution in [-0.2, 0) is 4.79 Å². The van der Waals surface area contributed by atoms with Crippen molar-refractivity contribution in [3.8, 4) is 0 Å². The molecule has 0 fully saturated rings. The van der Waals surface area contributed by atoms with E-state index in [1.54, 1.807) is 0 Å². The quantitative estimate of drug-likeness (QED) is 0.791. The van der Waals surface area contributed by atoms with Crippen LogP contribution < -0.4 is 11.1 Å². The Morgan fingerprint density at radius 3 is 2.81 bits per heavy atom. The third-order valence-corrected chi connectivity index (χ3v) is 2.60. The fourth-order valence-corrected chi connectivity index (χ4v) is 1.75. The van der Waals surface area contributed by atoms with Crippen molar-refractivity contribution in [2.45, 2.75) is 26.2 Å². The summed E-state index contributed by atoms with van der Waals surface area (Å²) < 4.78 is 0. The maximum Gasteiger partial charge on any atom is 0.220 e. The van der Waals surface area contributed by atoms with Gasteiger partial charge in [-0.05, 0) is 26.0 Å². The molecule has 0 radical (unpaired) electrons. The average Bonchev–Trinajstić information content (AvgIpc) is 2.26. The van der Waals surface area contributed by atoms with E-state index in [4.69, 9.17) is 5.73 Å². The Morgan fingerprint density at radius 2 is 2.25 bits per heavy atom. The molecule has 1 rings (SSSR count). The monoisotopic (exact) mass is 220 g/mol. The highest BCUT2D eigenvalue weighted by Gasteiger charge is 2.13. The molecule has 0 heterocycles.